The van der Waals surface area contributed by atoms with Crippen LogP contribution in [0.1, 0.15) is 24.4 Å². The fraction of sp³-hybridized carbons (Fsp3) is 0.444. The van der Waals surface area contributed by atoms with Gasteiger partial charge in [-0.3, -0.25) is 9.48 Å². The number of para-hydroxylation sites is 2. The van der Waals surface area contributed by atoms with Crippen LogP contribution >= 0.6 is 0 Å². The second kappa shape index (κ2) is 6.87. The van der Waals surface area contributed by atoms with E-state index in [4.69, 9.17) is 5.11 Å². The molecule has 0 aliphatic carbocycles. The zero-order chi connectivity index (χ0) is 18.1. The van der Waals surface area contributed by atoms with Crippen LogP contribution in [-0.4, -0.2) is 53.0 Å². The van der Waals surface area contributed by atoms with Crippen LogP contribution in [0.4, 0.5) is 0 Å². The van der Waals surface area contributed by atoms with Gasteiger partial charge in [-0.15, -0.1) is 5.10 Å². The Bertz CT molecular complexity index is 931. The van der Waals surface area contributed by atoms with Crippen LogP contribution in [0.2, 0.25) is 0 Å². The van der Waals surface area contributed by atoms with E-state index in [0.717, 1.165) is 36.2 Å². The topological polar surface area (TPSA) is 89.1 Å². The Morgan fingerprint density at radius 1 is 1.35 bits per heavy atom. The highest BCUT2D eigenvalue weighted by Gasteiger charge is 2.29. The van der Waals surface area contributed by atoms with Crippen LogP contribution in [0.3, 0.4) is 0 Å². The van der Waals surface area contributed by atoms with E-state index < -0.39 is 0 Å². The number of hydrogen-bond acceptors (Lipinski definition) is 5. The van der Waals surface area contributed by atoms with Crippen molar-refractivity contribution >= 4 is 16.9 Å². The molecule has 136 valence electrons. The van der Waals surface area contributed by atoms with Crippen molar-refractivity contribution < 1.29 is 9.90 Å². The summed E-state index contributed by atoms with van der Waals surface area (Å²) in [6, 6.07) is 7.98. The summed E-state index contributed by atoms with van der Waals surface area (Å²) < 4.78 is 3.69. The van der Waals surface area contributed by atoms with Crippen molar-refractivity contribution in [3.63, 3.8) is 0 Å². The van der Waals surface area contributed by atoms with Gasteiger partial charge in [0, 0.05) is 6.54 Å². The molecule has 2 aromatic heterocycles. The number of hydrogen-bond donors (Lipinski definition) is 1. The van der Waals surface area contributed by atoms with Gasteiger partial charge in [-0.2, -0.15) is 0 Å². The Balaban J connectivity index is 1.50. The van der Waals surface area contributed by atoms with E-state index in [0.29, 0.717) is 18.8 Å². The van der Waals surface area contributed by atoms with Gasteiger partial charge in [0.25, 0.3) is 0 Å². The van der Waals surface area contributed by atoms with Crippen LogP contribution in [-0.2, 0) is 24.5 Å². The quantitative estimate of drug-likeness (QED) is 0.742. The third-order valence-electron chi connectivity index (χ3n) is 4.98. The average Bonchev–Trinajstić information content (AvgIpc) is 3.35. The maximum atomic E-state index is 13.0. The molecule has 0 radical (unpaired) electrons. The summed E-state index contributed by atoms with van der Waals surface area (Å²) in [5.74, 6) is 0.945. The maximum Gasteiger partial charge on any atom is 0.242 e. The first-order chi connectivity index (χ1) is 12.7. The number of aryl methyl sites for hydroxylation is 1. The van der Waals surface area contributed by atoms with Crippen molar-refractivity contribution in [2.24, 2.45) is 0 Å². The number of aromatic nitrogens is 5. The number of benzene rings is 1. The number of carbonyl (C=O) groups excluding carboxylic acids is 1. The highest BCUT2D eigenvalue weighted by Crippen LogP contribution is 2.21. The van der Waals surface area contributed by atoms with Gasteiger partial charge < -0.3 is 14.6 Å². The van der Waals surface area contributed by atoms with Gasteiger partial charge in [0.05, 0.1) is 36.4 Å². The van der Waals surface area contributed by atoms with Crippen LogP contribution < -0.4 is 0 Å². The fourth-order valence-corrected chi connectivity index (χ4v) is 3.69. The molecule has 1 N–H and O–H groups in total. The second-order valence-corrected chi connectivity index (χ2v) is 6.71. The molecule has 0 spiro atoms. The fourth-order valence-electron chi connectivity index (χ4n) is 3.69. The summed E-state index contributed by atoms with van der Waals surface area (Å²) in [6.07, 6.45) is 3.67. The number of fused-ring (bicyclic) bond motifs is 1. The lowest BCUT2D eigenvalue weighted by Gasteiger charge is -2.25. The lowest BCUT2D eigenvalue weighted by molar-refractivity contribution is -0.132. The molecule has 8 heteroatoms. The highest BCUT2D eigenvalue weighted by atomic mass is 16.3. The average molecular weight is 354 g/mol. The number of aliphatic hydroxyl groups excluding tert-OH is 1. The standard InChI is InChI=1S/C18H22N6O2/c1-13-19-16-6-2-3-7-17(16)24(13)11-18(26)23-8-4-5-15(23)10-22-9-14(12-25)20-21-22/h2-3,6-7,9,15,25H,4-5,8,10-12H2,1H3/t15-/m0/s1. The number of nitrogens with zero attached hydrogens (tertiary/aromatic N) is 6. The maximum absolute atomic E-state index is 13.0. The SMILES string of the molecule is Cc1nc2ccccc2n1CC(=O)N1CCC[C@H]1Cn1cc(CO)nn1. The first-order valence-electron chi connectivity index (χ1n) is 8.87. The molecule has 1 aliphatic heterocycles. The van der Waals surface area contributed by atoms with E-state index in [-0.39, 0.29) is 18.6 Å². The summed E-state index contributed by atoms with van der Waals surface area (Å²) in [7, 11) is 0. The molecular weight excluding hydrogens is 332 g/mol. The zero-order valence-corrected chi connectivity index (χ0v) is 14.7. The molecule has 26 heavy (non-hydrogen) atoms. The number of rotatable bonds is 5. The Labute approximate surface area is 151 Å². The predicted molar refractivity (Wildman–Crippen MR) is 95.1 cm³/mol. The molecule has 0 saturated carbocycles. The minimum Gasteiger partial charge on any atom is -0.390 e. The minimum atomic E-state index is -0.125. The summed E-state index contributed by atoms with van der Waals surface area (Å²) in [5, 5.41) is 17.0. The lowest BCUT2D eigenvalue weighted by Crippen LogP contribution is -2.40. The molecule has 3 heterocycles. The molecule has 1 amide bonds. The Kier molecular flexibility index (Phi) is 4.42. The van der Waals surface area contributed by atoms with Gasteiger partial charge in [0.2, 0.25) is 5.91 Å². The van der Waals surface area contributed by atoms with Crippen LogP contribution in [0, 0.1) is 6.92 Å². The van der Waals surface area contributed by atoms with Crippen LogP contribution in [0.5, 0.6) is 0 Å². The minimum absolute atomic E-state index is 0.0984. The molecule has 1 aromatic carbocycles. The first kappa shape index (κ1) is 16.7. The molecule has 0 bridgehead atoms. The summed E-state index contributed by atoms with van der Waals surface area (Å²) in [5.41, 5.74) is 2.44. The third-order valence-corrected chi connectivity index (χ3v) is 4.98. The number of aliphatic hydroxyl groups is 1. The van der Waals surface area contributed by atoms with Gasteiger partial charge in [0.1, 0.15) is 18.1 Å². The molecule has 1 atom stereocenters. The molecule has 4 rings (SSSR count). The number of carbonyl (C=O) groups is 1. The molecule has 8 nitrogen and oxygen atoms in total. The molecule has 1 aliphatic rings. The Morgan fingerprint density at radius 2 is 2.19 bits per heavy atom. The molecule has 1 fully saturated rings. The van der Waals surface area contributed by atoms with E-state index in [1.54, 1.807) is 10.9 Å². The number of amides is 1. The van der Waals surface area contributed by atoms with Crippen LogP contribution in [0.25, 0.3) is 11.0 Å². The molecular formula is C18H22N6O2. The number of imidazole rings is 1. The van der Waals surface area contributed by atoms with Crippen molar-refractivity contribution in [3.8, 4) is 0 Å². The molecule has 3 aromatic rings. The van der Waals surface area contributed by atoms with Gasteiger partial charge >= 0.3 is 0 Å². The summed E-state index contributed by atoms with van der Waals surface area (Å²) >= 11 is 0. The van der Waals surface area contributed by atoms with E-state index in [1.807, 2.05) is 40.7 Å². The monoisotopic (exact) mass is 354 g/mol. The van der Waals surface area contributed by atoms with Crippen molar-refractivity contribution in [1.29, 1.82) is 0 Å². The highest BCUT2D eigenvalue weighted by molar-refractivity contribution is 5.81. The van der Waals surface area contributed by atoms with Crippen molar-refractivity contribution in [1.82, 2.24) is 29.4 Å². The second-order valence-electron chi connectivity index (χ2n) is 6.71. The lowest BCUT2D eigenvalue weighted by atomic mass is 10.2. The van der Waals surface area contributed by atoms with Crippen molar-refractivity contribution in [2.45, 2.75) is 45.5 Å². The Hall–Kier alpha value is -2.74. The normalized spacial score (nSPS) is 17.3. The Morgan fingerprint density at radius 3 is 3.00 bits per heavy atom. The van der Waals surface area contributed by atoms with Gasteiger partial charge in [-0.05, 0) is 31.9 Å². The van der Waals surface area contributed by atoms with Gasteiger partial charge in [0.15, 0.2) is 0 Å². The third kappa shape index (κ3) is 3.08. The first-order valence-corrected chi connectivity index (χ1v) is 8.87. The van der Waals surface area contributed by atoms with Gasteiger partial charge in [-0.25, -0.2) is 4.98 Å². The van der Waals surface area contributed by atoms with Crippen LogP contribution in [0.15, 0.2) is 30.5 Å². The summed E-state index contributed by atoms with van der Waals surface area (Å²) in [4.78, 5) is 19.4. The van der Waals surface area contributed by atoms with E-state index in [9.17, 15) is 4.79 Å². The van der Waals surface area contributed by atoms with Crippen molar-refractivity contribution in [3.05, 3.63) is 42.0 Å². The smallest absolute Gasteiger partial charge is 0.242 e. The van der Waals surface area contributed by atoms with Crippen molar-refractivity contribution in [2.75, 3.05) is 6.54 Å². The predicted octanol–water partition coefficient (Wildman–Crippen LogP) is 1.12. The van der Waals surface area contributed by atoms with E-state index in [1.165, 1.54) is 0 Å². The molecule has 0 unspecified atom stereocenters. The largest absolute Gasteiger partial charge is 0.390 e. The summed E-state index contributed by atoms with van der Waals surface area (Å²) in [6.45, 7) is 3.46. The van der Waals surface area contributed by atoms with E-state index >= 15 is 0 Å². The van der Waals surface area contributed by atoms with Gasteiger partial charge in [-0.1, -0.05) is 17.3 Å². The number of likely N-dealkylation sites (tertiary alicyclic amines) is 1. The zero-order valence-electron chi connectivity index (χ0n) is 14.7. The molecule has 1 saturated heterocycles. The van der Waals surface area contributed by atoms with E-state index in [2.05, 4.69) is 15.3 Å².